The molecule has 4 saturated carbocycles. The number of nitrogen functional groups attached to an aromatic ring is 1. The summed E-state index contributed by atoms with van der Waals surface area (Å²) in [6.07, 6.45) is 7.75. The van der Waals surface area contributed by atoms with E-state index in [1.54, 1.807) is 6.20 Å². The van der Waals surface area contributed by atoms with Gasteiger partial charge in [0.15, 0.2) is 0 Å². The average molecular weight is 532 g/mol. The molecule has 39 heavy (non-hydrogen) atoms. The Labute approximate surface area is 230 Å². The molecule has 2 aromatic rings. The lowest BCUT2D eigenvalue weighted by Gasteiger charge is -2.51. The summed E-state index contributed by atoms with van der Waals surface area (Å²) in [4.78, 5) is 22.9. The first kappa shape index (κ1) is 25.4. The minimum atomic E-state index is -0.529. The number of nitrogens with one attached hydrogen (secondary N) is 1. The van der Waals surface area contributed by atoms with Crippen molar-refractivity contribution < 1.29 is 14.6 Å². The van der Waals surface area contributed by atoms with Crippen molar-refractivity contribution in [3.8, 4) is 11.1 Å². The zero-order valence-electron chi connectivity index (χ0n) is 22.8. The fourth-order valence-corrected chi connectivity index (χ4v) is 7.78. The molecule has 1 aromatic carbocycles. The van der Waals surface area contributed by atoms with Crippen LogP contribution in [0, 0.1) is 5.92 Å². The number of nitrogens with two attached hydrogens (primary N) is 1. The van der Waals surface area contributed by atoms with Crippen LogP contribution in [0.25, 0.3) is 11.1 Å². The fourth-order valence-electron chi connectivity index (χ4n) is 7.78. The molecule has 3 heterocycles. The summed E-state index contributed by atoms with van der Waals surface area (Å²) in [5.74, 6) is 0.861. The van der Waals surface area contributed by atoms with Crippen LogP contribution in [-0.4, -0.2) is 89.4 Å². The molecule has 8 rings (SSSR count). The Balaban J connectivity index is 1.01. The number of aromatic nitrogens is 1. The van der Waals surface area contributed by atoms with Gasteiger partial charge in [-0.2, -0.15) is 0 Å². The van der Waals surface area contributed by atoms with Crippen LogP contribution in [0.4, 0.5) is 5.82 Å². The van der Waals surface area contributed by atoms with Gasteiger partial charge in [0.2, 0.25) is 0 Å². The number of benzene rings is 1. The van der Waals surface area contributed by atoms with E-state index in [0.717, 1.165) is 102 Å². The third-order valence-electron chi connectivity index (χ3n) is 10.6. The smallest absolute Gasteiger partial charge is 0.255 e. The number of pyridine rings is 1. The Morgan fingerprint density at radius 1 is 1.03 bits per heavy atom. The van der Waals surface area contributed by atoms with E-state index in [4.69, 9.17) is 10.5 Å². The monoisotopic (exact) mass is 531 g/mol. The van der Waals surface area contributed by atoms with Crippen molar-refractivity contribution in [3.63, 3.8) is 0 Å². The van der Waals surface area contributed by atoms with Gasteiger partial charge in [0.05, 0.1) is 24.4 Å². The highest BCUT2D eigenvalue weighted by Gasteiger charge is 2.60. The van der Waals surface area contributed by atoms with E-state index in [0.29, 0.717) is 11.0 Å². The first-order chi connectivity index (χ1) is 18.9. The summed E-state index contributed by atoms with van der Waals surface area (Å²) in [7, 11) is 0. The standard InChI is InChI=1S/C31H41N5O3/c32-27-26(28(37)34-29-5-8-30(38,9-6-29)10-7-29)17-23(19-33-27)22-1-3-24(4-2-22)31-18-25(31)20-36(21-31)12-11-35-13-15-39-16-14-35/h1-4,17,19,25,38H,5-16,18,20-21H2,(H2,32,33)(H,34,37)/t25-,29?,30?,31+/m1/s1. The van der Waals surface area contributed by atoms with Crippen molar-refractivity contribution >= 4 is 11.7 Å². The van der Waals surface area contributed by atoms with Crippen molar-refractivity contribution in [2.24, 2.45) is 5.92 Å². The van der Waals surface area contributed by atoms with Crippen molar-refractivity contribution in [3.05, 3.63) is 47.7 Å². The molecule has 8 nitrogen and oxygen atoms in total. The SMILES string of the molecule is Nc1ncc(-c2ccc([C@@]34C[C@@H]3CN(CCN3CCOCC3)C4)cc2)cc1C(=O)NC12CCC(O)(CC1)CC2. The lowest BCUT2D eigenvalue weighted by molar-refractivity contribution is -0.0702. The molecule has 6 fully saturated rings. The molecule has 6 aliphatic rings. The van der Waals surface area contributed by atoms with Crippen LogP contribution >= 0.6 is 0 Å². The van der Waals surface area contributed by atoms with E-state index >= 15 is 0 Å². The number of morpholine rings is 1. The molecule has 8 heteroatoms. The van der Waals surface area contributed by atoms with Crippen LogP contribution in [0.2, 0.25) is 0 Å². The minimum Gasteiger partial charge on any atom is -0.390 e. The van der Waals surface area contributed by atoms with E-state index in [2.05, 4.69) is 44.4 Å². The zero-order chi connectivity index (χ0) is 26.7. The highest BCUT2D eigenvalue weighted by atomic mass is 16.5. The van der Waals surface area contributed by atoms with Gasteiger partial charge in [0, 0.05) is 62.0 Å². The zero-order valence-corrected chi connectivity index (χ0v) is 22.8. The molecule has 4 N–H and O–H groups in total. The Morgan fingerprint density at radius 3 is 2.44 bits per heavy atom. The lowest BCUT2D eigenvalue weighted by atomic mass is 9.63. The normalized spacial score (nSPS) is 34.1. The van der Waals surface area contributed by atoms with Crippen LogP contribution in [0.1, 0.15) is 60.9 Å². The lowest BCUT2D eigenvalue weighted by Crippen LogP contribution is -2.58. The third kappa shape index (κ3) is 4.75. The highest BCUT2D eigenvalue weighted by molar-refractivity contribution is 5.99. The number of hydrogen-bond acceptors (Lipinski definition) is 7. The molecule has 4 aliphatic carbocycles. The van der Waals surface area contributed by atoms with Gasteiger partial charge in [0.25, 0.3) is 5.91 Å². The molecule has 0 unspecified atom stereocenters. The number of nitrogens with zero attached hydrogens (tertiary/aromatic N) is 3. The van der Waals surface area contributed by atoms with E-state index < -0.39 is 5.60 Å². The van der Waals surface area contributed by atoms with Crippen LogP contribution in [-0.2, 0) is 10.2 Å². The van der Waals surface area contributed by atoms with Crippen molar-refractivity contribution in [1.29, 1.82) is 0 Å². The predicted octanol–water partition coefficient (Wildman–Crippen LogP) is 2.80. The Kier molecular flexibility index (Phi) is 6.23. The maximum absolute atomic E-state index is 13.3. The molecular formula is C31H41N5O3. The van der Waals surface area contributed by atoms with Gasteiger partial charge in [-0.1, -0.05) is 24.3 Å². The minimum absolute atomic E-state index is 0.159. The second-order valence-corrected chi connectivity index (χ2v) is 12.9. The number of fused-ring (bicyclic) bond motifs is 4. The number of hydrogen-bond donors (Lipinski definition) is 3. The number of ether oxygens (including phenoxy) is 1. The van der Waals surface area contributed by atoms with E-state index in [1.807, 2.05) is 6.07 Å². The molecule has 1 aromatic heterocycles. The number of carbonyl (C=O) groups excluding carboxylic acids is 1. The highest BCUT2D eigenvalue weighted by Crippen LogP contribution is 2.59. The molecule has 2 aliphatic heterocycles. The van der Waals surface area contributed by atoms with E-state index in [1.165, 1.54) is 18.5 Å². The molecule has 0 radical (unpaired) electrons. The molecule has 2 saturated heterocycles. The van der Waals surface area contributed by atoms with Gasteiger partial charge in [-0.3, -0.25) is 9.69 Å². The maximum atomic E-state index is 13.3. The fraction of sp³-hybridized carbons (Fsp3) is 0.613. The molecule has 1 amide bonds. The van der Waals surface area contributed by atoms with Gasteiger partial charge in [0.1, 0.15) is 5.82 Å². The number of rotatable bonds is 7. The van der Waals surface area contributed by atoms with Gasteiger partial charge >= 0.3 is 0 Å². The second kappa shape index (κ2) is 9.54. The average Bonchev–Trinajstić information content (AvgIpc) is 3.54. The number of amides is 1. The maximum Gasteiger partial charge on any atom is 0.255 e. The molecule has 0 spiro atoms. The number of carbonyl (C=O) groups is 1. The number of likely N-dealkylation sites (tertiary alicyclic amines) is 1. The van der Waals surface area contributed by atoms with Crippen molar-refractivity contribution in [2.75, 3.05) is 58.2 Å². The Morgan fingerprint density at radius 2 is 1.72 bits per heavy atom. The van der Waals surface area contributed by atoms with Crippen molar-refractivity contribution in [1.82, 2.24) is 20.1 Å². The Hall–Kier alpha value is -2.52. The quantitative estimate of drug-likeness (QED) is 0.505. The summed E-state index contributed by atoms with van der Waals surface area (Å²) >= 11 is 0. The number of piperidine rings is 1. The molecule has 208 valence electrons. The van der Waals surface area contributed by atoms with E-state index in [-0.39, 0.29) is 17.3 Å². The summed E-state index contributed by atoms with van der Waals surface area (Å²) in [5.41, 5.74) is 9.54. The van der Waals surface area contributed by atoms with Gasteiger partial charge in [-0.15, -0.1) is 0 Å². The first-order valence-electron chi connectivity index (χ1n) is 14.8. The topological polar surface area (TPSA) is 104 Å². The van der Waals surface area contributed by atoms with Crippen LogP contribution in [0.15, 0.2) is 36.5 Å². The number of anilines is 1. The third-order valence-corrected chi connectivity index (χ3v) is 10.6. The summed E-state index contributed by atoms with van der Waals surface area (Å²) in [6.45, 7) is 8.45. The summed E-state index contributed by atoms with van der Waals surface area (Å²) in [5, 5.41) is 13.8. The van der Waals surface area contributed by atoms with Gasteiger partial charge in [-0.25, -0.2) is 4.98 Å². The number of aliphatic hydroxyl groups is 1. The van der Waals surface area contributed by atoms with Gasteiger partial charge in [-0.05, 0) is 68.1 Å². The van der Waals surface area contributed by atoms with Crippen LogP contribution < -0.4 is 11.1 Å². The molecule has 2 atom stereocenters. The van der Waals surface area contributed by atoms with Crippen molar-refractivity contribution in [2.45, 2.75) is 61.5 Å². The predicted molar refractivity (Wildman–Crippen MR) is 150 cm³/mol. The van der Waals surface area contributed by atoms with Crippen LogP contribution in [0.5, 0.6) is 0 Å². The summed E-state index contributed by atoms with van der Waals surface area (Å²) < 4.78 is 5.49. The first-order valence-corrected chi connectivity index (χ1v) is 14.8. The van der Waals surface area contributed by atoms with Crippen LogP contribution in [0.3, 0.4) is 0 Å². The van der Waals surface area contributed by atoms with E-state index in [9.17, 15) is 9.90 Å². The molecule has 2 bridgehead atoms. The largest absolute Gasteiger partial charge is 0.390 e. The van der Waals surface area contributed by atoms with Gasteiger partial charge < -0.3 is 25.8 Å². The second-order valence-electron chi connectivity index (χ2n) is 12.9. The molecular weight excluding hydrogens is 490 g/mol. The Bertz CT molecular complexity index is 1220. The summed E-state index contributed by atoms with van der Waals surface area (Å²) in [6, 6.07) is 10.8.